The first-order valence-electron chi connectivity index (χ1n) is 12.4. The van der Waals surface area contributed by atoms with Crippen LogP contribution in [0.15, 0.2) is 76.9 Å². The highest BCUT2D eigenvalue weighted by atomic mass is 79.9. The van der Waals surface area contributed by atoms with Crippen LogP contribution in [0, 0.1) is 0 Å². The van der Waals surface area contributed by atoms with Crippen molar-refractivity contribution in [3.63, 3.8) is 0 Å². The number of halogens is 1. The molecule has 1 aliphatic heterocycles. The second-order valence-corrected chi connectivity index (χ2v) is 11.1. The van der Waals surface area contributed by atoms with Crippen molar-refractivity contribution in [3.05, 3.63) is 93.6 Å². The molecule has 1 fully saturated rings. The average Bonchev–Trinajstić information content (AvgIpc) is 3.30. The third kappa shape index (κ3) is 5.10. The Labute approximate surface area is 226 Å². The zero-order valence-corrected chi connectivity index (χ0v) is 23.0. The highest BCUT2D eigenvalue weighted by Crippen LogP contribution is 2.44. The van der Waals surface area contributed by atoms with Gasteiger partial charge in [-0.05, 0) is 77.4 Å². The summed E-state index contributed by atoms with van der Waals surface area (Å²) in [6.45, 7) is 8.47. The third-order valence-electron chi connectivity index (χ3n) is 7.47. The molecule has 0 spiro atoms. The van der Waals surface area contributed by atoms with Crippen LogP contribution in [-0.2, 0) is 14.0 Å². The number of pyridine rings is 1. The Kier molecular flexibility index (Phi) is 7.00. The van der Waals surface area contributed by atoms with E-state index in [0.717, 1.165) is 11.0 Å². The van der Waals surface area contributed by atoms with Crippen molar-refractivity contribution in [2.75, 3.05) is 13.2 Å². The van der Waals surface area contributed by atoms with Crippen molar-refractivity contribution in [2.45, 2.75) is 44.8 Å². The summed E-state index contributed by atoms with van der Waals surface area (Å²) >= 11 is 3.50. The van der Waals surface area contributed by atoms with E-state index in [0.29, 0.717) is 4.60 Å². The Hall–Kier alpha value is -2.94. The van der Waals surface area contributed by atoms with Gasteiger partial charge in [0.1, 0.15) is 11.2 Å². The molecule has 2 heterocycles. The van der Waals surface area contributed by atoms with Gasteiger partial charge in [-0.3, -0.25) is 0 Å². The molecule has 6 nitrogen and oxygen atoms in total. The molecule has 1 amide bonds. The second kappa shape index (κ2) is 10.1. The minimum Gasteiger partial charge on any atom is -0.449 e. The first-order valence-corrected chi connectivity index (χ1v) is 13.2. The molecule has 0 bridgehead atoms. The normalized spacial score (nSPS) is 17.9. The summed E-state index contributed by atoms with van der Waals surface area (Å²) in [5.41, 5.74) is 5.36. The van der Waals surface area contributed by atoms with Gasteiger partial charge in [-0.15, -0.1) is 0 Å². The lowest BCUT2D eigenvalue weighted by molar-refractivity contribution is 0.00578. The number of carbonyl (C=O) groups is 1. The van der Waals surface area contributed by atoms with Crippen molar-refractivity contribution in [1.82, 2.24) is 10.3 Å². The summed E-state index contributed by atoms with van der Waals surface area (Å²) in [4.78, 5) is 17.2. The lowest BCUT2D eigenvalue weighted by atomic mass is 9.77. The molecule has 1 aliphatic carbocycles. The number of fused-ring (bicyclic) bond motifs is 3. The Morgan fingerprint density at radius 2 is 1.59 bits per heavy atom. The van der Waals surface area contributed by atoms with E-state index < -0.39 is 24.4 Å². The second-order valence-electron chi connectivity index (χ2n) is 10.4. The van der Waals surface area contributed by atoms with Crippen LogP contribution in [0.25, 0.3) is 17.2 Å². The van der Waals surface area contributed by atoms with Crippen molar-refractivity contribution in [2.24, 2.45) is 0 Å². The quantitative estimate of drug-likeness (QED) is 0.279. The Balaban J connectivity index is 1.30. The molecule has 37 heavy (non-hydrogen) atoms. The van der Waals surface area contributed by atoms with E-state index in [4.69, 9.17) is 14.0 Å². The van der Waals surface area contributed by atoms with Crippen molar-refractivity contribution < 1.29 is 18.8 Å². The third-order valence-corrected chi connectivity index (χ3v) is 8.13. The van der Waals surface area contributed by atoms with Crippen LogP contribution in [0.4, 0.5) is 4.79 Å². The first kappa shape index (κ1) is 25.7. The van der Waals surface area contributed by atoms with Gasteiger partial charge in [-0.1, -0.05) is 60.7 Å². The van der Waals surface area contributed by atoms with Gasteiger partial charge in [0.15, 0.2) is 0 Å². The summed E-state index contributed by atoms with van der Waals surface area (Å²) in [7, 11) is -0.619. The van der Waals surface area contributed by atoms with Gasteiger partial charge in [0.25, 0.3) is 0 Å². The molecule has 2 aliphatic rings. The molecule has 190 valence electrons. The van der Waals surface area contributed by atoms with Gasteiger partial charge in [0.05, 0.1) is 11.2 Å². The van der Waals surface area contributed by atoms with E-state index >= 15 is 0 Å². The number of ether oxygens (including phenoxy) is 1. The smallest absolute Gasteiger partial charge is 0.449 e. The topological polar surface area (TPSA) is 69.7 Å². The van der Waals surface area contributed by atoms with Crippen LogP contribution < -0.4 is 5.32 Å². The van der Waals surface area contributed by atoms with E-state index in [2.05, 4.69) is 50.5 Å². The van der Waals surface area contributed by atoms with Gasteiger partial charge < -0.3 is 19.4 Å². The maximum Gasteiger partial charge on any atom is 0.492 e. The lowest BCUT2D eigenvalue weighted by Gasteiger charge is -2.32. The minimum absolute atomic E-state index is 0.00241. The van der Waals surface area contributed by atoms with Gasteiger partial charge in [-0.25, -0.2) is 9.78 Å². The highest BCUT2D eigenvalue weighted by Gasteiger charge is 2.52. The largest absolute Gasteiger partial charge is 0.492 e. The van der Waals surface area contributed by atoms with Crippen LogP contribution in [0.2, 0.25) is 0 Å². The van der Waals surface area contributed by atoms with Crippen LogP contribution in [0.1, 0.15) is 50.3 Å². The first-order chi connectivity index (χ1) is 17.7. The SMILES string of the molecule is CC1(C)OB(C(=Cc2cccnc2Br)CNC(=O)OCC2c3ccccc3-c3ccccc32)OC1(C)C. The molecule has 2 aromatic carbocycles. The minimum atomic E-state index is -0.619. The number of hydrogen-bond donors (Lipinski definition) is 1. The number of hydrogen-bond acceptors (Lipinski definition) is 5. The molecule has 1 N–H and O–H groups in total. The number of amides is 1. The number of aromatic nitrogens is 1. The van der Waals surface area contributed by atoms with Crippen molar-refractivity contribution in [3.8, 4) is 11.1 Å². The Morgan fingerprint density at radius 3 is 2.19 bits per heavy atom. The fraction of sp³-hybridized carbons (Fsp3) is 0.310. The van der Waals surface area contributed by atoms with E-state index in [-0.39, 0.29) is 19.1 Å². The molecule has 0 saturated carbocycles. The van der Waals surface area contributed by atoms with E-state index in [9.17, 15) is 4.79 Å². The van der Waals surface area contributed by atoms with Gasteiger partial charge >= 0.3 is 13.2 Å². The molecule has 1 saturated heterocycles. The Morgan fingerprint density at radius 1 is 1.00 bits per heavy atom. The summed E-state index contributed by atoms with van der Waals surface area (Å²) < 4.78 is 19.0. The number of nitrogens with one attached hydrogen (secondary N) is 1. The number of carbonyl (C=O) groups excluding carboxylic acids is 1. The van der Waals surface area contributed by atoms with Crippen LogP contribution in [0.5, 0.6) is 0 Å². The standard InChI is InChI=1S/C29H30BBrN2O4/c1-28(2)29(3,4)37-30(36-28)20(16-19-10-9-15-32-26(19)31)17-33-27(34)35-18-25-23-13-7-5-11-21(23)22-12-6-8-14-24(22)25/h5-16,25H,17-18H2,1-4H3,(H,33,34). The van der Waals surface area contributed by atoms with E-state index in [1.165, 1.54) is 22.3 Å². The van der Waals surface area contributed by atoms with Gasteiger partial charge in [0, 0.05) is 24.2 Å². The average molecular weight is 561 g/mol. The van der Waals surface area contributed by atoms with Crippen LogP contribution in [-0.4, -0.2) is 42.5 Å². The highest BCUT2D eigenvalue weighted by molar-refractivity contribution is 9.10. The fourth-order valence-electron chi connectivity index (χ4n) is 4.73. The molecular formula is C29H30BBrN2O4. The maximum atomic E-state index is 12.9. The predicted octanol–water partition coefficient (Wildman–Crippen LogP) is 6.40. The molecule has 3 aromatic rings. The zero-order chi connectivity index (χ0) is 26.2. The van der Waals surface area contributed by atoms with E-state index in [1.807, 2.05) is 70.2 Å². The lowest BCUT2D eigenvalue weighted by Crippen LogP contribution is -2.41. The predicted molar refractivity (Wildman–Crippen MR) is 149 cm³/mol. The molecule has 0 unspecified atom stereocenters. The molecular weight excluding hydrogens is 531 g/mol. The fourth-order valence-corrected chi connectivity index (χ4v) is 5.09. The summed E-state index contributed by atoms with van der Waals surface area (Å²) in [6.07, 6.45) is 3.16. The molecule has 0 atom stereocenters. The molecule has 5 rings (SSSR count). The zero-order valence-electron chi connectivity index (χ0n) is 21.5. The number of rotatable bonds is 6. The van der Waals surface area contributed by atoms with Crippen molar-refractivity contribution in [1.29, 1.82) is 0 Å². The monoisotopic (exact) mass is 560 g/mol. The number of nitrogens with zero attached hydrogens (tertiary/aromatic N) is 1. The van der Waals surface area contributed by atoms with Crippen molar-refractivity contribution >= 4 is 35.2 Å². The van der Waals surface area contributed by atoms with Crippen LogP contribution >= 0.6 is 15.9 Å². The summed E-state index contributed by atoms with van der Waals surface area (Å²) in [6, 6.07) is 20.4. The summed E-state index contributed by atoms with van der Waals surface area (Å²) in [5.74, 6) is 0.00241. The van der Waals surface area contributed by atoms with Gasteiger partial charge in [0.2, 0.25) is 0 Å². The van der Waals surface area contributed by atoms with Gasteiger partial charge in [-0.2, -0.15) is 0 Å². The molecule has 0 radical (unpaired) electrons. The summed E-state index contributed by atoms with van der Waals surface area (Å²) in [5, 5.41) is 2.90. The van der Waals surface area contributed by atoms with Crippen LogP contribution in [0.3, 0.4) is 0 Å². The van der Waals surface area contributed by atoms with E-state index in [1.54, 1.807) is 6.20 Å². The number of alkyl carbamates (subject to hydrolysis) is 1. The maximum absolute atomic E-state index is 12.9. The number of benzene rings is 2. The Bertz CT molecular complexity index is 1300. The molecule has 1 aromatic heterocycles. The molecule has 8 heteroatoms.